The third-order valence-corrected chi connectivity index (χ3v) is 3.89. The fourth-order valence-corrected chi connectivity index (χ4v) is 2.27. The van der Waals surface area contributed by atoms with Gasteiger partial charge in [0.1, 0.15) is 0 Å². The molecule has 1 fully saturated rings. The molecule has 0 saturated heterocycles. The van der Waals surface area contributed by atoms with Crippen molar-refractivity contribution < 1.29 is 9.66 Å². The molecule has 0 spiro atoms. The standard InChI is InChI=1S/C15H22N2O3/c1-4-7-20-14-8-12(5-6-13(14)17(18)19)16-10-11-9-15(11,2)3/h5-6,8,11,16H,4,7,9-10H2,1-3H3. The Bertz CT molecular complexity index is 500. The maximum atomic E-state index is 11.0. The molecule has 1 aliphatic carbocycles. The summed E-state index contributed by atoms with van der Waals surface area (Å²) in [5.74, 6) is 1.02. The summed E-state index contributed by atoms with van der Waals surface area (Å²) in [7, 11) is 0. The number of nitro benzene ring substituents is 1. The SMILES string of the molecule is CCCOc1cc(NCC2CC2(C)C)ccc1[N+](=O)[O-]. The summed E-state index contributed by atoms with van der Waals surface area (Å²) in [4.78, 5) is 10.6. The second-order valence-electron chi connectivity index (χ2n) is 6.06. The summed E-state index contributed by atoms with van der Waals surface area (Å²) in [5.41, 5.74) is 1.33. The van der Waals surface area contributed by atoms with E-state index in [1.54, 1.807) is 12.1 Å². The van der Waals surface area contributed by atoms with Gasteiger partial charge in [0.25, 0.3) is 0 Å². The molecule has 1 aliphatic rings. The lowest BCUT2D eigenvalue weighted by atomic mass is 10.1. The van der Waals surface area contributed by atoms with Gasteiger partial charge in [-0.3, -0.25) is 10.1 Å². The number of hydrogen-bond donors (Lipinski definition) is 1. The number of rotatable bonds is 7. The van der Waals surface area contributed by atoms with Crippen LogP contribution in [-0.4, -0.2) is 18.1 Å². The first-order chi connectivity index (χ1) is 9.44. The highest BCUT2D eigenvalue weighted by atomic mass is 16.6. The van der Waals surface area contributed by atoms with E-state index in [0.717, 1.165) is 18.7 Å². The molecule has 1 aromatic carbocycles. The molecule has 0 heterocycles. The van der Waals surface area contributed by atoms with E-state index in [9.17, 15) is 10.1 Å². The van der Waals surface area contributed by atoms with Crippen molar-refractivity contribution in [2.24, 2.45) is 11.3 Å². The number of benzene rings is 1. The Morgan fingerprint density at radius 1 is 1.50 bits per heavy atom. The molecule has 1 atom stereocenters. The first-order valence-electron chi connectivity index (χ1n) is 7.09. The minimum absolute atomic E-state index is 0.0238. The van der Waals surface area contributed by atoms with E-state index < -0.39 is 4.92 Å². The molecule has 1 saturated carbocycles. The van der Waals surface area contributed by atoms with E-state index in [-0.39, 0.29) is 5.69 Å². The summed E-state index contributed by atoms with van der Waals surface area (Å²) in [6.45, 7) is 7.87. The average molecular weight is 278 g/mol. The van der Waals surface area contributed by atoms with Gasteiger partial charge in [-0.2, -0.15) is 0 Å². The van der Waals surface area contributed by atoms with Gasteiger partial charge in [0.05, 0.1) is 11.5 Å². The van der Waals surface area contributed by atoms with Crippen LogP contribution in [0.3, 0.4) is 0 Å². The first kappa shape index (κ1) is 14.6. The highest BCUT2D eigenvalue weighted by molar-refractivity contribution is 5.58. The fourth-order valence-electron chi connectivity index (χ4n) is 2.27. The molecule has 0 amide bonds. The van der Waals surface area contributed by atoms with Crippen LogP contribution in [-0.2, 0) is 0 Å². The van der Waals surface area contributed by atoms with Crippen molar-refractivity contribution in [1.82, 2.24) is 0 Å². The Kier molecular flexibility index (Phi) is 4.16. The number of anilines is 1. The van der Waals surface area contributed by atoms with Crippen LogP contribution in [0.15, 0.2) is 18.2 Å². The normalized spacial score (nSPS) is 19.4. The molecule has 20 heavy (non-hydrogen) atoms. The van der Waals surface area contributed by atoms with Crippen LogP contribution in [0.2, 0.25) is 0 Å². The average Bonchev–Trinajstić information content (AvgIpc) is 3.01. The van der Waals surface area contributed by atoms with Crippen LogP contribution in [0.1, 0.15) is 33.6 Å². The molecule has 1 aromatic rings. The number of nitro groups is 1. The van der Waals surface area contributed by atoms with Crippen LogP contribution in [0.25, 0.3) is 0 Å². The summed E-state index contributed by atoms with van der Waals surface area (Å²) in [6, 6.07) is 4.97. The van der Waals surface area contributed by atoms with Gasteiger partial charge >= 0.3 is 5.69 Å². The van der Waals surface area contributed by atoms with Crippen molar-refractivity contribution in [2.75, 3.05) is 18.5 Å². The number of nitrogens with zero attached hydrogens (tertiary/aromatic N) is 1. The second-order valence-corrected chi connectivity index (χ2v) is 6.06. The van der Waals surface area contributed by atoms with Crippen molar-refractivity contribution in [3.63, 3.8) is 0 Å². The predicted molar refractivity (Wildman–Crippen MR) is 79.3 cm³/mol. The molecule has 0 aromatic heterocycles. The third kappa shape index (κ3) is 3.40. The molecule has 5 heteroatoms. The topological polar surface area (TPSA) is 64.4 Å². The van der Waals surface area contributed by atoms with E-state index >= 15 is 0 Å². The zero-order chi connectivity index (χ0) is 14.8. The maximum Gasteiger partial charge on any atom is 0.311 e. The molecule has 1 unspecified atom stereocenters. The first-order valence-corrected chi connectivity index (χ1v) is 7.09. The van der Waals surface area contributed by atoms with E-state index in [0.29, 0.717) is 23.7 Å². The van der Waals surface area contributed by atoms with Gasteiger partial charge in [-0.15, -0.1) is 0 Å². The van der Waals surface area contributed by atoms with Gasteiger partial charge in [-0.1, -0.05) is 20.8 Å². The van der Waals surface area contributed by atoms with E-state index in [2.05, 4.69) is 19.2 Å². The number of nitrogens with one attached hydrogen (secondary N) is 1. The maximum absolute atomic E-state index is 11.0. The highest BCUT2D eigenvalue weighted by Crippen LogP contribution is 2.51. The lowest BCUT2D eigenvalue weighted by Crippen LogP contribution is -2.08. The quantitative estimate of drug-likeness (QED) is 0.608. The Balaban J connectivity index is 2.04. The Labute approximate surface area is 119 Å². The van der Waals surface area contributed by atoms with Crippen molar-refractivity contribution in [3.8, 4) is 5.75 Å². The monoisotopic (exact) mass is 278 g/mol. The Morgan fingerprint density at radius 2 is 2.20 bits per heavy atom. The van der Waals surface area contributed by atoms with Crippen LogP contribution < -0.4 is 10.1 Å². The van der Waals surface area contributed by atoms with Crippen molar-refractivity contribution in [3.05, 3.63) is 28.3 Å². The van der Waals surface area contributed by atoms with Crippen molar-refractivity contribution in [2.45, 2.75) is 33.6 Å². The molecule has 0 aliphatic heterocycles. The van der Waals surface area contributed by atoms with Gasteiger partial charge in [-0.05, 0) is 30.2 Å². The molecular weight excluding hydrogens is 256 g/mol. The van der Waals surface area contributed by atoms with E-state index in [1.165, 1.54) is 12.5 Å². The molecule has 110 valence electrons. The smallest absolute Gasteiger partial charge is 0.311 e. The second kappa shape index (κ2) is 5.69. The molecule has 5 nitrogen and oxygen atoms in total. The molecule has 1 N–H and O–H groups in total. The van der Waals surface area contributed by atoms with E-state index in [4.69, 9.17) is 4.74 Å². The molecule has 2 rings (SSSR count). The number of ether oxygens (including phenoxy) is 1. The molecule has 0 radical (unpaired) electrons. The lowest BCUT2D eigenvalue weighted by Gasteiger charge is -2.10. The van der Waals surface area contributed by atoms with Gasteiger partial charge in [0.2, 0.25) is 0 Å². The van der Waals surface area contributed by atoms with Crippen LogP contribution in [0, 0.1) is 21.4 Å². The van der Waals surface area contributed by atoms with Gasteiger partial charge in [0.15, 0.2) is 5.75 Å². The molecular formula is C15H22N2O3. The Morgan fingerprint density at radius 3 is 2.75 bits per heavy atom. The predicted octanol–water partition coefficient (Wildman–Crippen LogP) is 3.84. The minimum Gasteiger partial charge on any atom is -0.487 e. The van der Waals surface area contributed by atoms with Gasteiger partial charge in [0, 0.05) is 24.4 Å². The number of hydrogen-bond acceptors (Lipinski definition) is 4. The molecule has 0 bridgehead atoms. The lowest BCUT2D eigenvalue weighted by molar-refractivity contribution is -0.385. The zero-order valence-electron chi connectivity index (χ0n) is 12.3. The Hall–Kier alpha value is -1.78. The minimum atomic E-state index is -0.404. The summed E-state index contributed by atoms with van der Waals surface area (Å²) >= 11 is 0. The van der Waals surface area contributed by atoms with Gasteiger partial charge in [-0.25, -0.2) is 0 Å². The summed E-state index contributed by atoms with van der Waals surface area (Å²) < 4.78 is 5.47. The summed E-state index contributed by atoms with van der Waals surface area (Å²) in [5, 5.41) is 14.3. The van der Waals surface area contributed by atoms with Crippen molar-refractivity contribution in [1.29, 1.82) is 0 Å². The largest absolute Gasteiger partial charge is 0.487 e. The van der Waals surface area contributed by atoms with Crippen LogP contribution in [0.4, 0.5) is 11.4 Å². The highest BCUT2D eigenvalue weighted by Gasteiger charge is 2.44. The van der Waals surface area contributed by atoms with Crippen LogP contribution in [0.5, 0.6) is 5.75 Å². The summed E-state index contributed by atoms with van der Waals surface area (Å²) in [6.07, 6.45) is 2.05. The fraction of sp³-hybridized carbons (Fsp3) is 0.600. The third-order valence-electron chi connectivity index (χ3n) is 3.89. The van der Waals surface area contributed by atoms with E-state index in [1.807, 2.05) is 6.92 Å². The van der Waals surface area contributed by atoms with Crippen LogP contribution >= 0.6 is 0 Å². The van der Waals surface area contributed by atoms with Gasteiger partial charge < -0.3 is 10.1 Å². The van der Waals surface area contributed by atoms with Crippen molar-refractivity contribution >= 4 is 11.4 Å². The zero-order valence-corrected chi connectivity index (χ0v) is 12.3.